The van der Waals surface area contributed by atoms with Crippen LogP contribution in [0.25, 0.3) is 0 Å². The Balaban J connectivity index is 2.69. The molecule has 0 radical (unpaired) electrons. The van der Waals surface area contributed by atoms with Crippen LogP contribution in [0, 0.1) is 5.92 Å². The molecule has 1 rings (SSSR count). The van der Waals surface area contributed by atoms with Crippen LogP contribution in [0.1, 0.15) is 52.4 Å². The van der Waals surface area contributed by atoms with E-state index >= 15 is 0 Å². The summed E-state index contributed by atoms with van der Waals surface area (Å²) in [6.07, 6.45) is 6.32. The Bertz CT molecular complexity index is 737. The van der Waals surface area contributed by atoms with Crippen molar-refractivity contribution in [1.82, 2.24) is 5.32 Å². The van der Waals surface area contributed by atoms with Gasteiger partial charge in [0.05, 0.1) is 26.2 Å². The Morgan fingerprint density at radius 2 is 1.90 bits per heavy atom. The molecule has 0 heterocycles. The minimum Gasteiger partial charge on any atom is -0.497 e. The van der Waals surface area contributed by atoms with Gasteiger partial charge < -0.3 is 14.8 Å². The number of carbonyl (C=O) groups excluding carboxylic acids is 1. The van der Waals surface area contributed by atoms with Gasteiger partial charge in [-0.15, -0.1) is 0 Å². The molecule has 8 heteroatoms. The molecule has 166 valence electrons. The second-order valence-electron chi connectivity index (χ2n) is 7.20. The molecule has 0 aromatic heterocycles. The van der Waals surface area contributed by atoms with Crippen LogP contribution in [0.3, 0.4) is 0 Å². The van der Waals surface area contributed by atoms with E-state index in [0.29, 0.717) is 36.1 Å². The summed E-state index contributed by atoms with van der Waals surface area (Å²) in [6, 6.07) is 4.98. The molecule has 0 spiro atoms. The average Bonchev–Trinajstić information content (AvgIpc) is 2.70. The summed E-state index contributed by atoms with van der Waals surface area (Å²) in [4.78, 5) is 12.2. The molecule has 0 saturated carbocycles. The van der Waals surface area contributed by atoms with Gasteiger partial charge in [0.25, 0.3) is 0 Å². The maximum atomic E-state index is 12.3. The van der Waals surface area contributed by atoms with Gasteiger partial charge in [-0.2, -0.15) is 0 Å². The Morgan fingerprint density at radius 1 is 1.17 bits per heavy atom. The Hall–Kier alpha value is -1.96. The van der Waals surface area contributed by atoms with E-state index in [1.165, 1.54) is 24.9 Å². The van der Waals surface area contributed by atoms with Gasteiger partial charge in [0, 0.05) is 25.6 Å². The zero-order valence-electron chi connectivity index (χ0n) is 18.4. The van der Waals surface area contributed by atoms with E-state index in [1.807, 2.05) is 0 Å². The quantitative estimate of drug-likeness (QED) is 0.489. The number of benzene rings is 1. The smallest absolute Gasteiger partial charge is 0.232 e. The van der Waals surface area contributed by atoms with Gasteiger partial charge in [-0.05, 0) is 30.9 Å². The second kappa shape index (κ2) is 12.6. The van der Waals surface area contributed by atoms with Crippen LogP contribution in [-0.4, -0.2) is 47.9 Å². The molecule has 1 aromatic rings. The maximum absolute atomic E-state index is 12.3. The topological polar surface area (TPSA) is 84.9 Å². The van der Waals surface area contributed by atoms with Crippen LogP contribution in [0.4, 0.5) is 5.69 Å². The Morgan fingerprint density at radius 3 is 2.45 bits per heavy atom. The molecule has 1 amide bonds. The van der Waals surface area contributed by atoms with Crippen LogP contribution in [-0.2, 0) is 14.8 Å². The van der Waals surface area contributed by atoms with Gasteiger partial charge in [0.15, 0.2) is 0 Å². The molecule has 29 heavy (non-hydrogen) atoms. The van der Waals surface area contributed by atoms with Gasteiger partial charge in [-0.1, -0.05) is 33.1 Å². The van der Waals surface area contributed by atoms with Gasteiger partial charge in [0.1, 0.15) is 11.5 Å². The van der Waals surface area contributed by atoms with Crippen molar-refractivity contribution in [1.29, 1.82) is 0 Å². The van der Waals surface area contributed by atoms with Crippen molar-refractivity contribution in [2.45, 2.75) is 52.4 Å². The standard InChI is InChI=1S/C21H36N2O5S/c1-6-8-10-17(7-2)16-22-21(24)11-9-14-23(29(5,25)26)19-13-12-18(27-3)15-20(19)28-4/h12-13,15,17H,6-11,14,16H2,1-5H3,(H,22,24)/t17-/m0/s1. The largest absolute Gasteiger partial charge is 0.497 e. The maximum Gasteiger partial charge on any atom is 0.232 e. The summed E-state index contributed by atoms with van der Waals surface area (Å²) in [6.45, 7) is 5.18. The first-order valence-corrected chi connectivity index (χ1v) is 12.1. The SMILES string of the molecule is CCCC[C@H](CC)CNC(=O)CCCN(c1ccc(OC)cc1OC)S(C)(=O)=O. The van der Waals surface area contributed by atoms with Crippen LogP contribution < -0.4 is 19.1 Å². The van der Waals surface area contributed by atoms with Crippen LogP contribution in [0.5, 0.6) is 11.5 Å². The molecule has 0 unspecified atom stereocenters. The van der Waals surface area contributed by atoms with E-state index in [4.69, 9.17) is 9.47 Å². The van der Waals surface area contributed by atoms with Crippen molar-refractivity contribution in [2.75, 3.05) is 37.9 Å². The molecular formula is C21H36N2O5S. The molecule has 0 saturated heterocycles. The van der Waals surface area contributed by atoms with Gasteiger partial charge in [0.2, 0.25) is 15.9 Å². The summed E-state index contributed by atoms with van der Waals surface area (Å²) < 4.78 is 36.4. The summed E-state index contributed by atoms with van der Waals surface area (Å²) >= 11 is 0. The highest BCUT2D eigenvalue weighted by atomic mass is 32.2. The zero-order valence-corrected chi connectivity index (χ0v) is 19.2. The van der Waals surface area contributed by atoms with Gasteiger partial charge in [-0.3, -0.25) is 9.10 Å². The molecular weight excluding hydrogens is 392 g/mol. The van der Waals surface area contributed by atoms with E-state index in [9.17, 15) is 13.2 Å². The number of nitrogens with zero attached hydrogens (tertiary/aromatic N) is 1. The summed E-state index contributed by atoms with van der Waals surface area (Å²) in [5.74, 6) is 1.43. The second-order valence-corrected chi connectivity index (χ2v) is 9.10. The summed E-state index contributed by atoms with van der Waals surface area (Å²) in [5.41, 5.74) is 0.432. The summed E-state index contributed by atoms with van der Waals surface area (Å²) in [5, 5.41) is 2.98. The van der Waals surface area contributed by atoms with Crippen molar-refractivity contribution in [2.24, 2.45) is 5.92 Å². The monoisotopic (exact) mass is 428 g/mol. The minimum absolute atomic E-state index is 0.0462. The lowest BCUT2D eigenvalue weighted by Gasteiger charge is -2.24. The van der Waals surface area contributed by atoms with Crippen molar-refractivity contribution in [3.8, 4) is 11.5 Å². The number of anilines is 1. The van der Waals surface area contributed by atoms with E-state index < -0.39 is 10.0 Å². The minimum atomic E-state index is -3.53. The third-order valence-electron chi connectivity index (χ3n) is 4.95. The highest BCUT2D eigenvalue weighted by molar-refractivity contribution is 7.92. The van der Waals surface area contributed by atoms with Crippen LogP contribution >= 0.6 is 0 Å². The first kappa shape index (κ1) is 25.1. The lowest BCUT2D eigenvalue weighted by atomic mass is 9.99. The number of ether oxygens (including phenoxy) is 2. The fourth-order valence-electron chi connectivity index (χ4n) is 3.13. The fraction of sp³-hybridized carbons (Fsp3) is 0.667. The molecule has 0 aliphatic heterocycles. The molecule has 1 aromatic carbocycles. The highest BCUT2D eigenvalue weighted by Crippen LogP contribution is 2.33. The third-order valence-corrected chi connectivity index (χ3v) is 6.13. The lowest BCUT2D eigenvalue weighted by molar-refractivity contribution is -0.121. The number of nitrogens with one attached hydrogen (secondary N) is 1. The molecule has 0 bridgehead atoms. The third kappa shape index (κ3) is 8.51. The van der Waals surface area contributed by atoms with Crippen molar-refractivity contribution in [3.63, 3.8) is 0 Å². The average molecular weight is 429 g/mol. The number of carbonyl (C=O) groups is 1. The van der Waals surface area contributed by atoms with E-state index in [0.717, 1.165) is 25.5 Å². The van der Waals surface area contributed by atoms with Gasteiger partial charge in [-0.25, -0.2) is 8.42 Å². The Kier molecular flexibility index (Phi) is 10.9. The molecule has 7 nitrogen and oxygen atoms in total. The molecule has 0 aliphatic rings. The zero-order chi connectivity index (χ0) is 21.9. The van der Waals surface area contributed by atoms with Crippen LogP contribution in [0.15, 0.2) is 18.2 Å². The van der Waals surface area contributed by atoms with E-state index in [2.05, 4.69) is 19.2 Å². The van der Waals surface area contributed by atoms with Crippen molar-refractivity contribution >= 4 is 21.6 Å². The number of sulfonamides is 1. The first-order chi connectivity index (χ1) is 13.8. The van der Waals surface area contributed by atoms with Crippen molar-refractivity contribution in [3.05, 3.63) is 18.2 Å². The molecule has 1 atom stereocenters. The number of methoxy groups -OCH3 is 2. The number of hydrogen-bond acceptors (Lipinski definition) is 5. The number of hydrogen-bond donors (Lipinski definition) is 1. The molecule has 0 fully saturated rings. The number of unbranched alkanes of at least 4 members (excludes halogenated alkanes) is 1. The predicted molar refractivity (Wildman–Crippen MR) is 117 cm³/mol. The highest BCUT2D eigenvalue weighted by Gasteiger charge is 2.21. The molecule has 0 aliphatic carbocycles. The number of amides is 1. The Labute approximate surface area is 175 Å². The first-order valence-electron chi connectivity index (χ1n) is 10.2. The normalized spacial score (nSPS) is 12.3. The van der Waals surface area contributed by atoms with E-state index in [1.54, 1.807) is 18.2 Å². The number of rotatable bonds is 14. The fourth-order valence-corrected chi connectivity index (χ4v) is 4.10. The molecule has 1 N–H and O–H groups in total. The van der Waals surface area contributed by atoms with Crippen molar-refractivity contribution < 1.29 is 22.7 Å². The van der Waals surface area contributed by atoms with Crippen LogP contribution in [0.2, 0.25) is 0 Å². The van der Waals surface area contributed by atoms with Gasteiger partial charge >= 0.3 is 0 Å². The van der Waals surface area contributed by atoms with E-state index in [-0.39, 0.29) is 18.9 Å². The summed E-state index contributed by atoms with van der Waals surface area (Å²) in [7, 11) is -0.512. The lowest BCUT2D eigenvalue weighted by Crippen LogP contribution is -2.33. The predicted octanol–water partition coefficient (Wildman–Crippen LogP) is 3.58.